The van der Waals surface area contributed by atoms with Gasteiger partial charge < -0.3 is 15.1 Å². The van der Waals surface area contributed by atoms with Gasteiger partial charge in [0.25, 0.3) is 5.91 Å². The monoisotopic (exact) mass is 233 g/mol. The molecule has 0 atom stereocenters. The molecular formula is C12H15N3O2. The Bertz CT molecular complexity index is 526. The second-order valence-electron chi connectivity index (χ2n) is 3.89. The van der Waals surface area contributed by atoms with Crippen LogP contribution < -0.4 is 5.73 Å². The summed E-state index contributed by atoms with van der Waals surface area (Å²) in [4.78, 5) is 18.5. The SMILES string of the molecule is CCCc1c(C(N)=O)oc(C)c1-c1ncc[nH]1. The number of nitrogens with zero attached hydrogens (tertiary/aromatic N) is 1. The molecule has 3 N–H and O–H groups in total. The predicted molar refractivity (Wildman–Crippen MR) is 63.5 cm³/mol. The van der Waals surface area contributed by atoms with Crippen molar-refractivity contribution in [3.8, 4) is 11.4 Å². The summed E-state index contributed by atoms with van der Waals surface area (Å²) in [6, 6.07) is 0. The van der Waals surface area contributed by atoms with E-state index in [-0.39, 0.29) is 5.76 Å². The van der Waals surface area contributed by atoms with Gasteiger partial charge >= 0.3 is 0 Å². The largest absolute Gasteiger partial charge is 0.455 e. The van der Waals surface area contributed by atoms with Crippen LogP contribution in [0.4, 0.5) is 0 Å². The molecule has 2 rings (SSSR count). The quantitative estimate of drug-likeness (QED) is 0.847. The van der Waals surface area contributed by atoms with Crippen LogP contribution in [0.2, 0.25) is 0 Å². The van der Waals surface area contributed by atoms with Gasteiger partial charge in [-0.2, -0.15) is 0 Å². The molecule has 0 fully saturated rings. The number of rotatable bonds is 4. The van der Waals surface area contributed by atoms with Gasteiger partial charge in [-0.3, -0.25) is 4.79 Å². The number of aromatic amines is 1. The molecule has 5 heteroatoms. The zero-order valence-corrected chi connectivity index (χ0v) is 9.91. The summed E-state index contributed by atoms with van der Waals surface area (Å²) in [5.41, 5.74) is 7.01. The van der Waals surface area contributed by atoms with Crippen molar-refractivity contribution in [3.63, 3.8) is 0 Å². The number of aryl methyl sites for hydroxylation is 1. The van der Waals surface area contributed by atoms with Crippen molar-refractivity contribution in [2.75, 3.05) is 0 Å². The first kappa shape index (κ1) is 11.4. The molecule has 0 aliphatic carbocycles. The number of nitrogens with two attached hydrogens (primary N) is 1. The highest BCUT2D eigenvalue weighted by Gasteiger charge is 2.22. The smallest absolute Gasteiger partial charge is 0.284 e. The number of nitrogens with one attached hydrogen (secondary N) is 1. The highest BCUT2D eigenvalue weighted by molar-refractivity contribution is 5.93. The molecule has 0 unspecified atom stereocenters. The van der Waals surface area contributed by atoms with Crippen molar-refractivity contribution in [1.29, 1.82) is 0 Å². The lowest BCUT2D eigenvalue weighted by Crippen LogP contribution is -2.12. The third kappa shape index (κ3) is 1.95. The Morgan fingerprint density at radius 3 is 2.88 bits per heavy atom. The van der Waals surface area contributed by atoms with E-state index in [0.29, 0.717) is 11.6 Å². The van der Waals surface area contributed by atoms with Gasteiger partial charge in [-0.15, -0.1) is 0 Å². The maximum atomic E-state index is 11.3. The number of imidazole rings is 1. The molecule has 2 aromatic heterocycles. The second kappa shape index (κ2) is 4.45. The van der Waals surface area contributed by atoms with E-state index in [1.54, 1.807) is 12.4 Å². The van der Waals surface area contributed by atoms with Crippen LogP contribution in [0, 0.1) is 6.92 Å². The van der Waals surface area contributed by atoms with Crippen LogP contribution in [0.25, 0.3) is 11.4 Å². The van der Waals surface area contributed by atoms with E-state index in [9.17, 15) is 4.79 Å². The van der Waals surface area contributed by atoms with E-state index >= 15 is 0 Å². The minimum atomic E-state index is -0.533. The molecule has 0 aliphatic heterocycles. The minimum Gasteiger partial charge on any atom is -0.455 e. The van der Waals surface area contributed by atoms with Gasteiger partial charge in [0, 0.05) is 18.0 Å². The molecule has 0 aromatic carbocycles. The fraction of sp³-hybridized carbons (Fsp3) is 0.333. The number of carbonyl (C=O) groups is 1. The van der Waals surface area contributed by atoms with Crippen LogP contribution in [0.1, 0.15) is 35.2 Å². The second-order valence-corrected chi connectivity index (χ2v) is 3.89. The molecular weight excluding hydrogens is 218 g/mol. The summed E-state index contributed by atoms with van der Waals surface area (Å²) in [6.07, 6.45) is 5.06. The van der Waals surface area contributed by atoms with Crippen LogP contribution in [0.5, 0.6) is 0 Å². The molecule has 0 aliphatic rings. The predicted octanol–water partition coefficient (Wildman–Crippen LogP) is 2.03. The molecule has 17 heavy (non-hydrogen) atoms. The van der Waals surface area contributed by atoms with Crippen molar-refractivity contribution < 1.29 is 9.21 Å². The van der Waals surface area contributed by atoms with Gasteiger partial charge in [0.2, 0.25) is 0 Å². The molecule has 2 heterocycles. The van der Waals surface area contributed by atoms with E-state index in [2.05, 4.69) is 9.97 Å². The molecule has 0 spiro atoms. The third-order valence-corrected chi connectivity index (χ3v) is 2.64. The number of aromatic nitrogens is 2. The Labute approximate surface area is 99.0 Å². The van der Waals surface area contributed by atoms with Crippen molar-refractivity contribution in [1.82, 2.24) is 9.97 Å². The maximum absolute atomic E-state index is 11.3. The van der Waals surface area contributed by atoms with E-state index in [4.69, 9.17) is 10.2 Å². The Hall–Kier alpha value is -2.04. The Morgan fingerprint density at radius 2 is 2.35 bits per heavy atom. The summed E-state index contributed by atoms with van der Waals surface area (Å²) >= 11 is 0. The van der Waals surface area contributed by atoms with E-state index in [0.717, 1.165) is 24.0 Å². The highest BCUT2D eigenvalue weighted by Crippen LogP contribution is 2.31. The van der Waals surface area contributed by atoms with Crippen LogP contribution in [-0.2, 0) is 6.42 Å². The zero-order valence-electron chi connectivity index (χ0n) is 9.91. The highest BCUT2D eigenvalue weighted by atomic mass is 16.3. The van der Waals surface area contributed by atoms with Crippen molar-refractivity contribution in [2.24, 2.45) is 5.73 Å². The Morgan fingerprint density at radius 1 is 1.59 bits per heavy atom. The Balaban J connectivity index is 2.61. The molecule has 2 aromatic rings. The van der Waals surface area contributed by atoms with Gasteiger partial charge in [-0.1, -0.05) is 13.3 Å². The first-order valence-electron chi connectivity index (χ1n) is 5.57. The normalized spacial score (nSPS) is 10.7. The fourth-order valence-corrected chi connectivity index (χ4v) is 1.99. The fourth-order valence-electron chi connectivity index (χ4n) is 1.99. The van der Waals surface area contributed by atoms with Crippen molar-refractivity contribution in [2.45, 2.75) is 26.7 Å². The lowest BCUT2D eigenvalue weighted by Gasteiger charge is -2.00. The summed E-state index contributed by atoms with van der Waals surface area (Å²) in [5.74, 6) is 1.09. The van der Waals surface area contributed by atoms with Crippen LogP contribution in [0.15, 0.2) is 16.8 Å². The van der Waals surface area contributed by atoms with E-state index in [1.165, 1.54) is 0 Å². The van der Waals surface area contributed by atoms with Gasteiger partial charge in [-0.25, -0.2) is 4.98 Å². The molecule has 1 amide bonds. The molecule has 0 radical (unpaired) electrons. The average molecular weight is 233 g/mol. The molecule has 5 nitrogen and oxygen atoms in total. The molecule has 0 bridgehead atoms. The Kier molecular flexibility index (Phi) is 2.99. The third-order valence-electron chi connectivity index (χ3n) is 2.64. The standard InChI is InChI=1S/C12H15N3O2/c1-3-4-8-9(12-14-5-6-15-12)7(2)17-10(8)11(13)16/h5-6H,3-4H2,1-2H3,(H2,13,16)(H,14,15). The van der Waals surface area contributed by atoms with Gasteiger partial charge in [0.15, 0.2) is 5.76 Å². The first-order valence-corrected chi connectivity index (χ1v) is 5.57. The molecule has 0 saturated carbocycles. The number of H-pyrrole nitrogens is 1. The number of hydrogen-bond acceptors (Lipinski definition) is 3. The van der Waals surface area contributed by atoms with Crippen LogP contribution in [-0.4, -0.2) is 15.9 Å². The summed E-state index contributed by atoms with van der Waals surface area (Å²) in [6.45, 7) is 3.85. The lowest BCUT2D eigenvalue weighted by atomic mass is 10.0. The molecule has 0 saturated heterocycles. The first-order chi connectivity index (χ1) is 8.15. The number of primary amides is 1. The number of furan rings is 1. The topological polar surface area (TPSA) is 84.9 Å². The number of carbonyl (C=O) groups excluding carboxylic acids is 1. The van der Waals surface area contributed by atoms with Crippen LogP contribution in [0.3, 0.4) is 0 Å². The average Bonchev–Trinajstić information content (AvgIpc) is 2.86. The van der Waals surface area contributed by atoms with Gasteiger partial charge in [0.05, 0.1) is 5.56 Å². The number of hydrogen-bond donors (Lipinski definition) is 2. The zero-order chi connectivity index (χ0) is 12.4. The van der Waals surface area contributed by atoms with Crippen molar-refractivity contribution in [3.05, 3.63) is 29.5 Å². The minimum absolute atomic E-state index is 0.246. The molecule has 90 valence electrons. The maximum Gasteiger partial charge on any atom is 0.284 e. The van der Waals surface area contributed by atoms with Gasteiger partial charge in [0.1, 0.15) is 11.6 Å². The lowest BCUT2D eigenvalue weighted by molar-refractivity contribution is 0.0971. The van der Waals surface area contributed by atoms with E-state index < -0.39 is 5.91 Å². The van der Waals surface area contributed by atoms with Gasteiger partial charge in [-0.05, 0) is 13.3 Å². The summed E-state index contributed by atoms with van der Waals surface area (Å²) in [5, 5.41) is 0. The van der Waals surface area contributed by atoms with Crippen molar-refractivity contribution >= 4 is 5.91 Å². The summed E-state index contributed by atoms with van der Waals surface area (Å²) < 4.78 is 5.45. The van der Waals surface area contributed by atoms with E-state index in [1.807, 2.05) is 13.8 Å². The van der Waals surface area contributed by atoms with Crippen LogP contribution >= 0.6 is 0 Å². The summed E-state index contributed by atoms with van der Waals surface area (Å²) in [7, 11) is 0. The number of amides is 1.